The van der Waals surface area contributed by atoms with Gasteiger partial charge in [-0.25, -0.2) is 4.98 Å². The van der Waals surface area contributed by atoms with E-state index in [9.17, 15) is 14.9 Å². The van der Waals surface area contributed by atoms with Crippen LogP contribution in [-0.2, 0) is 4.79 Å². The van der Waals surface area contributed by atoms with Gasteiger partial charge in [0.05, 0.1) is 10.6 Å². The zero-order valence-electron chi connectivity index (χ0n) is 10.4. The summed E-state index contributed by atoms with van der Waals surface area (Å²) < 4.78 is 0. The number of anilines is 1. The molecule has 2 aromatic rings. The van der Waals surface area contributed by atoms with Crippen molar-refractivity contribution in [2.45, 2.75) is 6.92 Å². The number of nitro groups is 1. The molecule has 1 heterocycles. The first kappa shape index (κ1) is 13.2. The summed E-state index contributed by atoms with van der Waals surface area (Å²) in [7, 11) is 1.65. The van der Waals surface area contributed by atoms with Crippen LogP contribution in [0.25, 0.3) is 11.3 Å². The second kappa shape index (κ2) is 5.15. The highest BCUT2D eigenvalue weighted by Gasteiger charge is 2.12. The second-order valence-electron chi connectivity index (χ2n) is 3.90. The van der Waals surface area contributed by atoms with Crippen molar-refractivity contribution in [1.29, 1.82) is 0 Å². The summed E-state index contributed by atoms with van der Waals surface area (Å²) in [6, 6.07) is 6.15. The maximum atomic E-state index is 11.2. The zero-order valence-corrected chi connectivity index (χ0v) is 11.2. The molecule has 1 amide bonds. The van der Waals surface area contributed by atoms with Crippen molar-refractivity contribution >= 4 is 28.1 Å². The SMILES string of the molecule is CC(=O)N(C)c1nc(-c2ccc([N+](=O)[O-])cc2)cs1. The maximum Gasteiger partial charge on any atom is 0.269 e. The number of hydrogen-bond donors (Lipinski definition) is 0. The van der Waals surface area contributed by atoms with Crippen LogP contribution < -0.4 is 4.90 Å². The van der Waals surface area contributed by atoms with Gasteiger partial charge in [0.25, 0.3) is 5.69 Å². The molecule has 0 aliphatic carbocycles. The normalized spacial score (nSPS) is 10.2. The average molecular weight is 277 g/mol. The molecule has 0 atom stereocenters. The van der Waals surface area contributed by atoms with Crippen LogP contribution >= 0.6 is 11.3 Å². The van der Waals surface area contributed by atoms with E-state index in [1.54, 1.807) is 19.2 Å². The fraction of sp³-hybridized carbons (Fsp3) is 0.167. The van der Waals surface area contributed by atoms with Gasteiger partial charge in [0.2, 0.25) is 5.91 Å². The number of carbonyl (C=O) groups is 1. The van der Waals surface area contributed by atoms with Gasteiger partial charge in [-0.3, -0.25) is 19.8 Å². The molecular weight excluding hydrogens is 266 g/mol. The lowest BCUT2D eigenvalue weighted by Gasteiger charge is -2.09. The van der Waals surface area contributed by atoms with Crippen LogP contribution in [0.1, 0.15) is 6.92 Å². The summed E-state index contributed by atoms with van der Waals surface area (Å²) in [5.41, 5.74) is 1.52. The van der Waals surface area contributed by atoms with Crippen molar-refractivity contribution in [2.75, 3.05) is 11.9 Å². The molecule has 0 spiro atoms. The minimum absolute atomic E-state index is 0.0417. The number of nitrogens with zero attached hydrogens (tertiary/aromatic N) is 3. The number of nitro benzene ring substituents is 1. The summed E-state index contributed by atoms with van der Waals surface area (Å²) in [6.45, 7) is 1.47. The molecule has 6 nitrogen and oxygen atoms in total. The quantitative estimate of drug-likeness (QED) is 0.638. The van der Waals surface area contributed by atoms with Gasteiger partial charge in [-0.15, -0.1) is 11.3 Å². The lowest BCUT2D eigenvalue weighted by molar-refractivity contribution is -0.384. The third-order valence-corrected chi connectivity index (χ3v) is 3.54. The van der Waals surface area contributed by atoms with Crippen LogP contribution in [0, 0.1) is 10.1 Å². The number of carbonyl (C=O) groups excluding carboxylic acids is 1. The van der Waals surface area contributed by atoms with Gasteiger partial charge in [-0.1, -0.05) is 0 Å². The number of hydrogen-bond acceptors (Lipinski definition) is 5. The van der Waals surface area contributed by atoms with E-state index in [1.165, 1.54) is 35.3 Å². The van der Waals surface area contributed by atoms with Crippen molar-refractivity contribution in [3.63, 3.8) is 0 Å². The number of amides is 1. The second-order valence-corrected chi connectivity index (χ2v) is 4.73. The molecule has 0 fully saturated rings. The van der Waals surface area contributed by atoms with Crippen molar-refractivity contribution in [3.05, 3.63) is 39.8 Å². The van der Waals surface area contributed by atoms with Gasteiger partial charge < -0.3 is 0 Å². The first-order valence-corrected chi connectivity index (χ1v) is 6.31. The maximum absolute atomic E-state index is 11.2. The number of aromatic nitrogens is 1. The van der Waals surface area contributed by atoms with E-state index >= 15 is 0 Å². The van der Waals surface area contributed by atoms with Crippen LogP contribution in [0.5, 0.6) is 0 Å². The predicted molar refractivity (Wildman–Crippen MR) is 73.3 cm³/mol. The van der Waals surface area contributed by atoms with E-state index < -0.39 is 4.92 Å². The van der Waals surface area contributed by atoms with E-state index in [4.69, 9.17) is 0 Å². The van der Waals surface area contributed by atoms with E-state index in [-0.39, 0.29) is 11.6 Å². The van der Waals surface area contributed by atoms with Crippen LogP contribution in [-0.4, -0.2) is 22.9 Å². The highest BCUT2D eigenvalue weighted by molar-refractivity contribution is 7.14. The number of benzene rings is 1. The molecule has 0 saturated carbocycles. The Morgan fingerprint density at radius 2 is 2.00 bits per heavy atom. The third kappa shape index (κ3) is 2.76. The first-order valence-electron chi connectivity index (χ1n) is 5.43. The van der Waals surface area contributed by atoms with Crippen molar-refractivity contribution in [3.8, 4) is 11.3 Å². The van der Waals surface area contributed by atoms with E-state index in [1.807, 2.05) is 5.38 Å². The Labute approximate surface area is 113 Å². The van der Waals surface area contributed by atoms with Crippen LogP contribution in [0.3, 0.4) is 0 Å². The Morgan fingerprint density at radius 1 is 1.37 bits per heavy atom. The molecule has 98 valence electrons. The summed E-state index contributed by atoms with van der Waals surface area (Å²) in [6.07, 6.45) is 0. The molecule has 1 aromatic heterocycles. The Bertz CT molecular complexity index is 621. The van der Waals surface area contributed by atoms with Crippen LogP contribution in [0.4, 0.5) is 10.8 Å². The van der Waals surface area contributed by atoms with E-state index in [0.717, 1.165) is 5.56 Å². The van der Waals surface area contributed by atoms with Crippen molar-refractivity contribution in [2.24, 2.45) is 0 Å². The Kier molecular flexibility index (Phi) is 3.57. The number of non-ortho nitro benzene ring substituents is 1. The molecule has 0 radical (unpaired) electrons. The van der Waals surface area contributed by atoms with Gasteiger partial charge in [0.1, 0.15) is 0 Å². The van der Waals surface area contributed by atoms with Crippen LogP contribution in [0.15, 0.2) is 29.6 Å². The molecule has 0 unspecified atom stereocenters. The molecule has 2 rings (SSSR count). The fourth-order valence-corrected chi connectivity index (χ4v) is 2.28. The summed E-state index contributed by atoms with van der Waals surface area (Å²) in [4.78, 5) is 27.1. The van der Waals surface area contributed by atoms with Crippen molar-refractivity contribution in [1.82, 2.24) is 4.98 Å². The Morgan fingerprint density at radius 3 is 2.53 bits per heavy atom. The number of thiazole rings is 1. The fourth-order valence-electron chi connectivity index (χ4n) is 1.44. The average Bonchev–Trinajstić information content (AvgIpc) is 2.87. The highest BCUT2D eigenvalue weighted by Crippen LogP contribution is 2.28. The van der Waals surface area contributed by atoms with Crippen molar-refractivity contribution < 1.29 is 9.72 Å². The molecule has 0 saturated heterocycles. The van der Waals surface area contributed by atoms with Crippen LogP contribution in [0.2, 0.25) is 0 Å². The highest BCUT2D eigenvalue weighted by atomic mass is 32.1. The number of rotatable bonds is 3. The molecule has 1 aromatic carbocycles. The lowest BCUT2D eigenvalue weighted by Crippen LogP contribution is -2.22. The van der Waals surface area contributed by atoms with Gasteiger partial charge in [0, 0.05) is 37.0 Å². The third-order valence-electron chi connectivity index (χ3n) is 2.63. The molecule has 0 aliphatic rings. The first-order chi connectivity index (χ1) is 8.99. The summed E-state index contributed by atoms with van der Waals surface area (Å²) in [5.74, 6) is -0.0930. The smallest absolute Gasteiger partial charge is 0.269 e. The summed E-state index contributed by atoms with van der Waals surface area (Å²) in [5, 5.41) is 13.0. The topological polar surface area (TPSA) is 76.3 Å². The van der Waals surface area contributed by atoms with Gasteiger partial charge in [-0.05, 0) is 12.1 Å². The zero-order chi connectivity index (χ0) is 14.0. The predicted octanol–water partition coefficient (Wildman–Crippen LogP) is 2.70. The van der Waals surface area contributed by atoms with Gasteiger partial charge in [0.15, 0.2) is 5.13 Å². The molecule has 19 heavy (non-hydrogen) atoms. The van der Waals surface area contributed by atoms with E-state index in [2.05, 4.69) is 4.98 Å². The molecule has 0 bridgehead atoms. The van der Waals surface area contributed by atoms with Gasteiger partial charge >= 0.3 is 0 Å². The molecule has 7 heteroatoms. The molecule has 0 aliphatic heterocycles. The molecule has 0 N–H and O–H groups in total. The molecular formula is C12H11N3O3S. The van der Waals surface area contributed by atoms with E-state index in [0.29, 0.717) is 10.8 Å². The Balaban J connectivity index is 2.27. The standard InChI is InChI=1S/C12H11N3O3S/c1-8(16)14(2)12-13-11(7-19-12)9-3-5-10(6-4-9)15(17)18/h3-7H,1-2H3. The minimum atomic E-state index is -0.445. The monoisotopic (exact) mass is 277 g/mol. The van der Waals surface area contributed by atoms with Gasteiger partial charge in [-0.2, -0.15) is 0 Å². The lowest BCUT2D eigenvalue weighted by atomic mass is 10.1. The minimum Gasteiger partial charge on any atom is -0.291 e. The largest absolute Gasteiger partial charge is 0.291 e. The summed E-state index contributed by atoms with van der Waals surface area (Å²) >= 11 is 1.35. The Hall–Kier alpha value is -2.28.